The lowest BCUT2D eigenvalue weighted by molar-refractivity contribution is 0.166. The molecule has 1 unspecified atom stereocenters. The topological polar surface area (TPSA) is 54.4 Å². The van der Waals surface area contributed by atoms with Crippen LogP contribution in [-0.4, -0.2) is 25.0 Å². The second-order valence-electron chi connectivity index (χ2n) is 4.07. The van der Waals surface area contributed by atoms with Gasteiger partial charge in [0.05, 0.1) is 11.9 Å². The van der Waals surface area contributed by atoms with Crippen LogP contribution in [0.1, 0.15) is 31.4 Å². The summed E-state index contributed by atoms with van der Waals surface area (Å²) in [6.45, 7) is 1.64. The summed E-state index contributed by atoms with van der Waals surface area (Å²) in [5.41, 5.74) is 0.791. The number of hydrogen-bond acceptors (Lipinski definition) is 3. The minimum atomic E-state index is -2.94. The number of halogens is 2. The zero-order valence-electron chi connectivity index (χ0n) is 10.1. The molecule has 0 heterocycles. The normalized spacial score (nSPS) is 13.6. The van der Waals surface area contributed by atoms with Crippen molar-refractivity contribution in [2.45, 2.75) is 25.9 Å². The van der Waals surface area contributed by atoms with Crippen molar-refractivity contribution in [1.82, 2.24) is 0 Å². The van der Waals surface area contributed by atoms with E-state index in [4.69, 9.17) is 0 Å². The molecule has 3 nitrogen and oxygen atoms in total. The first-order chi connectivity index (χ1) is 8.35. The van der Waals surface area contributed by atoms with Gasteiger partial charge in [-0.25, -0.2) is 8.42 Å². The van der Waals surface area contributed by atoms with Crippen molar-refractivity contribution in [3.8, 4) is 0 Å². The van der Waals surface area contributed by atoms with Gasteiger partial charge in [-0.15, -0.1) is 0 Å². The molecule has 1 atom stereocenters. The molecule has 1 N–H and O–H groups in total. The number of benzene rings is 1. The highest BCUT2D eigenvalue weighted by Gasteiger charge is 2.12. The van der Waals surface area contributed by atoms with Gasteiger partial charge in [0.2, 0.25) is 0 Å². The Morgan fingerprint density at radius 2 is 1.94 bits per heavy atom. The molecule has 0 saturated carbocycles. The quantitative estimate of drug-likeness (QED) is 0.796. The van der Waals surface area contributed by atoms with Gasteiger partial charge in [0.25, 0.3) is 0 Å². The molecule has 0 aliphatic carbocycles. The van der Waals surface area contributed by atoms with Crippen LogP contribution in [0.25, 0.3) is 0 Å². The Morgan fingerprint density at radius 1 is 1.28 bits per heavy atom. The minimum Gasteiger partial charge on any atom is -0.388 e. The van der Waals surface area contributed by atoms with E-state index in [0.717, 1.165) is 14.5 Å². The Hall–Kier alpha value is 0.0900. The van der Waals surface area contributed by atoms with E-state index in [1.165, 1.54) is 0 Å². The highest BCUT2D eigenvalue weighted by molar-refractivity contribution is 9.13. The Morgan fingerprint density at radius 3 is 2.50 bits per heavy atom. The fourth-order valence-electron chi connectivity index (χ4n) is 1.53. The summed E-state index contributed by atoms with van der Waals surface area (Å²) in [6, 6.07) is 5.52. The highest BCUT2D eigenvalue weighted by atomic mass is 79.9. The van der Waals surface area contributed by atoms with Crippen LogP contribution in [0.2, 0.25) is 0 Å². The minimum absolute atomic E-state index is 0.137. The van der Waals surface area contributed by atoms with E-state index in [1.54, 1.807) is 6.92 Å². The third-order valence-corrected chi connectivity index (χ3v) is 6.37. The smallest absolute Gasteiger partial charge is 0.150 e. The molecule has 0 spiro atoms. The van der Waals surface area contributed by atoms with Gasteiger partial charge >= 0.3 is 0 Å². The van der Waals surface area contributed by atoms with Gasteiger partial charge < -0.3 is 5.11 Å². The fraction of sp³-hybridized carbons (Fsp3) is 0.500. The molecule has 1 aromatic rings. The first-order valence-corrected chi connectivity index (χ1v) is 9.10. The first kappa shape index (κ1) is 16.1. The van der Waals surface area contributed by atoms with Crippen LogP contribution in [0.15, 0.2) is 27.1 Å². The SMILES string of the molecule is CCS(=O)(=O)CCCC(O)c1ccc(Br)c(Br)c1. The lowest BCUT2D eigenvalue weighted by Gasteiger charge is -2.11. The lowest BCUT2D eigenvalue weighted by Crippen LogP contribution is -2.10. The van der Waals surface area contributed by atoms with E-state index >= 15 is 0 Å². The van der Waals surface area contributed by atoms with E-state index < -0.39 is 15.9 Å². The molecule has 0 saturated heterocycles. The third kappa shape index (κ3) is 4.99. The summed E-state index contributed by atoms with van der Waals surface area (Å²) in [4.78, 5) is 0. The maximum atomic E-state index is 11.3. The van der Waals surface area contributed by atoms with Gasteiger partial charge in [-0.3, -0.25) is 0 Å². The van der Waals surface area contributed by atoms with Gasteiger partial charge in [-0.05, 0) is 62.4 Å². The molecule has 0 aromatic heterocycles. The van der Waals surface area contributed by atoms with Crippen molar-refractivity contribution < 1.29 is 13.5 Å². The van der Waals surface area contributed by atoms with Crippen molar-refractivity contribution in [2.75, 3.05) is 11.5 Å². The molecule has 1 aromatic carbocycles. The summed E-state index contributed by atoms with van der Waals surface area (Å²) >= 11 is 6.73. The number of hydrogen-bond donors (Lipinski definition) is 1. The van der Waals surface area contributed by atoms with Gasteiger partial charge in [0.1, 0.15) is 9.84 Å². The molecule has 0 bridgehead atoms. The highest BCUT2D eigenvalue weighted by Crippen LogP contribution is 2.28. The van der Waals surface area contributed by atoms with Crippen molar-refractivity contribution in [1.29, 1.82) is 0 Å². The van der Waals surface area contributed by atoms with Crippen LogP contribution in [0.4, 0.5) is 0 Å². The van der Waals surface area contributed by atoms with Crippen molar-refractivity contribution in [3.63, 3.8) is 0 Å². The van der Waals surface area contributed by atoms with E-state index in [0.29, 0.717) is 12.8 Å². The summed E-state index contributed by atoms with van der Waals surface area (Å²) < 4.78 is 24.4. The number of rotatable bonds is 6. The molecular formula is C12H16Br2O3S. The van der Waals surface area contributed by atoms with Crippen LogP contribution in [0.3, 0.4) is 0 Å². The van der Waals surface area contributed by atoms with E-state index in [9.17, 15) is 13.5 Å². The molecule has 0 fully saturated rings. The zero-order chi connectivity index (χ0) is 13.8. The largest absolute Gasteiger partial charge is 0.388 e. The van der Waals surface area contributed by atoms with E-state index in [1.807, 2.05) is 18.2 Å². The molecule has 0 aliphatic heterocycles. The predicted molar refractivity (Wildman–Crippen MR) is 80.4 cm³/mol. The van der Waals surface area contributed by atoms with Gasteiger partial charge in [0, 0.05) is 14.7 Å². The zero-order valence-corrected chi connectivity index (χ0v) is 14.1. The molecule has 0 amide bonds. The Kier molecular flexibility index (Phi) is 6.30. The summed E-state index contributed by atoms with van der Waals surface area (Å²) in [5.74, 6) is 0.297. The molecule has 0 radical (unpaired) electrons. The van der Waals surface area contributed by atoms with Crippen LogP contribution >= 0.6 is 31.9 Å². The summed E-state index contributed by atoms with van der Waals surface area (Å²) in [5, 5.41) is 9.97. The average Bonchev–Trinajstić information content (AvgIpc) is 2.32. The molecule has 102 valence electrons. The van der Waals surface area contributed by atoms with Crippen molar-refractivity contribution >= 4 is 41.7 Å². The van der Waals surface area contributed by atoms with Gasteiger partial charge in [0.15, 0.2) is 0 Å². The van der Waals surface area contributed by atoms with Crippen molar-refractivity contribution in [2.24, 2.45) is 0 Å². The fourth-order valence-corrected chi connectivity index (χ4v) is 3.07. The first-order valence-electron chi connectivity index (χ1n) is 5.69. The molecule has 6 heteroatoms. The average molecular weight is 400 g/mol. The second kappa shape index (κ2) is 7.03. The van der Waals surface area contributed by atoms with Crippen LogP contribution < -0.4 is 0 Å². The molecule has 1 rings (SSSR count). The van der Waals surface area contributed by atoms with Gasteiger partial charge in [-0.1, -0.05) is 13.0 Å². The van der Waals surface area contributed by atoms with Crippen LogP contribution in [0, 0.1) is 0 Å². The number of sulfone groups is 1. The Balaban J connectivity index is 2.55. The number of aliphatic hydroxyl groups excluding tert-OH is 1. The molecular weight excluding hydrogens is 384 g/mol. The lowest BCUT2D eigenvalue weighted by atomic mass is 10.1. The van der Waals surface area contributed by atoms with E-state index in [-0.39, 0.29) is 11.5 Å². The maximum absolute atomic E-state index is 11.3. The molecule has 0 aliphatic rings. The summed E-state index contributed by atoms with van der Waals surface area (Å²) in [7, 11) is -2.94. The van der Waals surface area contributed by atoms with Crippen LogP contribution in [0.5, 0.6) is 0 Å². The summed E-state index contributed by atoms with van der Waals surface area (Å²) in [6.07, 6.45) is 0.305. The standard InChI is InChI=1S/C12H16Br2O3S/c1-2-18(16,17)7-3-4-12(15)9-5-6-10(13)11(14)8-9/h5-6,8,12,15H,2-4,7H2,1H3. The van der Waals surface area contributed by atoms with Gasteiger partial charge in [-0.2, -0.15) is 0 Å². The Labute approximate surface area is 125 Å². The molecule has 18 heavy (non-hydrogen) atoms. The number of aliphatic hydroxyl groups is 1. The van der Waals surface area contributed by atoms with E-state index in [2.05, 4.69) is 31.9 Å². The third-order valence-electron chi connectivity index (χ3n) is 2.70. The Bertz CT molecular complexity index is 500. The second-order valence-corrected chi connectivity index (χ2v) is 8.25. The van der Waals surface area contributed by atoms with Crippen molar-refractivity contribution in [3.05, 3.63) is 32.7 Å². The van der Waals surface area contributed by atoms with Crippen LogP contribution in [-0.2, 0) is 9.84 Å². The monoisotopic (exact) mass is 398 g/mol. The maximum Gasteiger partial charge on any atom is 0.150 e. The predicted octanol–water partition coefficient (Wildman–Crippen LogP) is 3.46.